The van der Waals surface area contributed by atoms with Gasteiger partial charge in [0.25, 0.3) is 5.91 Å². The Balaban J connectivity index is 1.91. The number of carbonyl (C=O) groups is 1. The Kier molecular flexibility index (Phi) is 5.23. The van der Waals surface area contributed by atoms with Crippen molar-refractivity contribution in [1.82, 2.24) is 5.32 Å². The number of hydrogen-bond acceptors (Lipinski definition) is 5. The number of benzene rings is 1. The van der Waals surface area contributed by atoms with Gasteiger partial charge < -0.3 is 15.0 Å². The van der Waals surface area contributed by atoms with Gasteiger partial charge in [0, 0.05) is 41.7 Å². The summed E-state index contributed by atoms with van der Waals surface area (Å²) in [5.41, 5.74) is 0.534. The van der Waals surface area contributed by atoms with Crippen molar-refractivity contribution < 1.29 is 18.3 Å². The summed E-state index contributed by atoms with van der Waals surface area (Å²) in [5, 5.41) is 13.2. The van der Waals surface area contributed by atoms with Crippen LogP contribution >= 0.6 is 22.9 Å². The van der Waals surface area contributed by atoms with E-state index >= 15 is 0 Å². The number of amides is 1. The molecule has 1 unspecified atom stereocenters. The second kappa shape index (κ2) is 7.66. The van der Waals surface area contributed by atoms with Crippen LogP contribution in [-0.2, 0) is 4.74 Å². The van der Waals surface area contributed by atoms with Crippen LogP contribution in [0.1, 0.15) is 38.7 Å². The minimum absolute atomic E-state index is 0.0402. The molecule has 9 heteroatoms. The highest BCUT2D eigenvalue weighted by Gasteiger charge is 2.36. The van der Waals surface area contributed by atoms with Crippen molar-refractivity contribution in [2.45, 2.75) is 12.3 Å². The number of nitrogens with zero attached hydrogens (tertiary/aromatic N) is 2. The maximum atomic E-state index is 14.7. The molecule has 4 rings (SSSR count). The average molecular weight is 424 g/mol. The van der Waals surface area contributed by atoms with E-state index in [0.717, 1.165) is 12.1 Å². The van der Waals surface area contributed by atoms with E-state index in [9.17, 15) is 18.8 Å². The van der Waals surface area contributed by atoms with Gasteiger partial charge in [-0.25, -0.2) is 8.78 Å². The summed E-state index contributed by atoms with van der Waals surface area (Å²) in [6.07, 6.45) is 0.280. The number of anilines is 1. The van der Waals surface area contributed by atoms with Crippen molar-refractivity contribution in [3.8, 4) is 6.07 Å². The number of nitrogens with one attached hydrogen (secondary N) is 1. The second-order valence-electron chi connectivity index (χ2n) is 6.62. The fourth-order valence-electron chi connectivity index (χ4n) is 3.76. The molecule has 1 aromatic heterocycles. The smallest absolute Gasteiger partial charge is 0.261 e. The van der Waals surface area contributed by atoms with Crippen LogP contribution in [0.2, 0.25) is 5.02 Å². The van der Waals surface area contributed by atoms with E-state index in [2.05, 4.69) is 11.4 Å². The lowest BCUT2D eigenvalue weighted by Crippen LogP contribution is -2.36. The van der Waals surface area contributed by atoms with Crippen molar-refractivity contribution in [2.24, 2.45) is 0 Å². The molecule has 1 atom stereocenters. The number of halogens is 3. The Labute approximate surface area is 169 Å². The number of fused-ring (bicyclic) bond motifs is 1. The molecule has 146 valence electrons. The standard InChI is InChI=1S/C19H16ClF2N3O2S/c20-10-7-13(21)16(14(22)8-10)11-1-2-24-18(26)17-15(11)12(9-23)19(28-17)25-3-5-27-6-4-25/h7-8,11H,1-6H2,(H,24,26). The SMILES string of the molecule is N#Cc1c(N2CCOCC2)sc2c1C(c1c(F)cc(Cl)cc1F)CCNC2=O. The first kappa shape index (κ1) is 19.1. The molecule has 1 amide bonds. The number of thiophene rings is 1. The second-order valence-corrected chi connectivity index (χ2v) is 8.05. The van der Waals surface area contributed by atoms with Gasteiger partial charge in [-0.15, -0.1) is 11.3 Å². The predicted octanol–water partition coefficient (Wildman–Crippen LogP) is 3.65. The molecule has 0 radical (unpaired) electrons. The van der Waals surface area contributed by atoms with Crippen LogP contribution in [0, 0.1) is 23.0 Å². The highest BCUT2D eigenvalue weighted by molar-refractivity contribution is 7.18. The van der Waals surface area contributed by atoms with Gasteiger partial charge in [0.2, 0.25) is 0 Å². The maximum absolute atomic E-state index is 14.7. The number of rotatable bonds is 2. The van der Waals surface area contributed by atoms with Crippen molar-refractivity contribution in [2.75, 3.05) is 37.7 Å². The van der Waals surface area contributed by atoms with E-state index in [1.54, 1.807) is 0 Å². The summed E-state index contributed by atoms with van der Waals surface area (Å²) in [5.74, 6) is -2.64. The van der Waals surface area contributed by atoms with Crippen molar-refractivity contribution in [1.29, 1.82) is 5.26 Å². The van der Waals surface area contributed by atoms with E-state index in [-0.39, 0.29) is 29.5 Å². The summed E-state index contributed by atoms with van der Waals surface area (Å²) in [6, 6.07) is 4.29. The number of nitriles is 1. The number of hydrogen-bond donors (Lipinski definition) is 1. The van der Waals surface area contributed by atoms with Crippen LogP contribution in [0.5, 0.6) is 0 Å². The van der Waals surface area contributed by atoms with Crippen LogP contribution < -0.4 is 10.2 Å². The molecule has 3 heterocycles. The zero-order valence-corrected chi connectivity index (χ0v) is 16.3. The molecule has 0 bridgehead atoms. The first-order chi connectivity index (χ1) is 13.5. The first-order valence-corrected chi connectivity index (χ1v) is 10.0. The molecular weight excluding hydrogens is 408 g/mol. The molecule has 2 aromatic rings. The molecule has 1 aromatic carbocycles. The topological polar surface area (TPSA) is 65.4 Å². The van der Waals surface area contributed by atoms with Gasteiger partial charge in [-0.1, -0.05) is 11.6 Å². The van der Waals surface area contributed by atoms with Crippen LogP contribution in [0.25, 0.3) is 0 Å². The number of carbonyl (C=O) groups excluding carboxylic acids is 1. The summed E-state index contributed by atoms with van der Waals surface area (Å²) >= 11 is 6.96. The van der Waals surface area contributed by atoms with Crippen LogP contribution in [0.15, 0.2) is 12.1 Å². The third kappa shape index (κ3) is 3.24. The van der Waals surface area contributed by atoms with Gasteiger partial charge in [-0.05, 0) is 18.6 Å². The molecule has 0 spiro atoms. The molecule has 1 N–H and O–H groups in total. The third-order valence-corrected chi connectivity index (χ3v) is 6.49. The van der Waals surface area contributed by atoms with E-state index in [1.807, 2.05) is 4.90 Å². The molecule has 1 saturated heterocycles. The molecule has 2 aliphatic heterocycles. The van der Waals surface area contributed by atoms with Gasteiger partial charge in [0.15, 0.2) is 0 Å². The van der Waals surface area contributed by atoms with Crippen molar-refractivity contribution in [3.63, 3.8) is 0 Å². The molecule has 1 fully saturated rings. The quantitative estimate of drug-likeness (QED) is 0.800. The van der Waals surface area contributed by atoms with Crippen LogP contribution in [0.3, 0.4) is 0 Å². The third-order valence-electron chi connectivity index (χ3n) is 5.00. The average Bonchev–Trinajstić information content (AvgIpc) is 2.98. The highest BCUT2D eigenvalue weighted by atomic mass is 35.5. The molecule has 5 nitrogen and oxygen atoms in total. The summed E-state index contributed by atoms with van der Waals surface area (Å²) in [7, 11) is 0. The number of ether oxygens (including phenoxy) is 1. The molecule has 28 heavy (non-hydrogen) atoms. The molecule has 2 aliphatic rings. The van der Waals surface area contributed by atoms with Gasteiger partial charge in [-0.3, -0.25) is 4.79 Å². The molecular formula is C19H16ClF2N3O2S. The van der Waals surface area contributed by atoms with E-state index in [1.165, 1.54) is 11.3 Å². The molecule has 0 aliphatic carbocycles. The predicted molar refractivity (Wildman–Crippen MR) is 102 cm³/mol. The Bertz CT molecular complexity index is 959. The Hall–Kier alpha value is -2.21. The Morgan fingerprint density at radius 2 is 1.93 bits per heavy atom. The van der Waals surface area contributed by atoms with Crippen LogP contribution in [0.4, 0.5) is 13.8 Å². The zero-order valence-electron chi connectivity index (χ0n) is 14.7. The summed E-state index contributed by atoms with van der Waals surface area (Å²) in [6.45, 7) is 2.46. The Morgan fingerprint density at radius 1 is 1.25 bits per heavy atom. The van der Waals surface area contributed by atoms with Crippen molar-refractivity contribution in [3.05, 3.63) is 50.4 Å². The van der Waals surface area contributed by atoms with Crippen LogP contribution in [-0.4, -0.2) is 38.8 Å². The maximum Gasteiger partial charge on any atom is 0.261 e. The van der Waals surface area contributed by atoms with Gasteiger partial charge in [0.05, 0.1) is 23.7 Å². The van der Waals surface area contributed by atoms with Crippen molar-refractivity contribution >= 4 is 33.8 Å². The summed E-state index contributed by atoms with van der Waals surface area (Å²) in [4.78, 5) is 14.9. The fraction of sp³-hybridized carbons (Fsp3) is 0.368. The molecule has 0 saturated carbocycles. The minimum Gasteiger partial charge on any atom is -0.378 e. The zero-order chi connectivity index (χ0) is 19.8. The minimum atomic E-state index is -0.779. The summed E-state index contributed by atoms with van der Waals surface area (Å²) < 4.78 is 34.7. The number of morpholine rings is 1. The Morgan fingerprint density at radius 3 is 2.57 bits per heavy atom. The van der Waals surface area contributed by atoms with Gasteiger partial charge >= 0.3 is 0 Å². The van der Waals surface area contributed by atoms with E-state index in [4.69, 9.17) is 16.3 Å². The van der Waals surface area contributed by atoms with Gasteiger partial charge in [-0.2, -0.15) is 5.26 Å². The lowest BCUT2D eigenvalue weighted by atomic mass is 9.86. The monoisotopic (exact) mass is 423 g/mol. The van der Waals surface area contributed by atoms with E-state index in [0.29, 0.717) is 47.3 Å². The lowest BCUT2D eigenvalue weighted by Gasteiger charge is -2.28. The largest absolute Gasteiger partial charge is 0.378 e. The highest BCUT2D eigenvalue weighted by Crippen LogP contribution is 2.45. The lowest BCUT2D eigenvalue weighted by molar-refractivity contribution is 0.0960. The first-order valence-electron chi connectivity index (χ1n) is 8.83. The normalized spacial score (nSPS) is 19.6. The van der Waals surface area contributed by atoms with E-state index < -0.39 is 17.6 Å². The van der Waals surface area contributed by atoms with Gasteiger partial charge in [0.1, 0.15) is 22.7 Å². The fourth-order valence-corrected chi connectivity index (χ4v) is 5.23.